The second-order valence-corrected chi connectivity index (χ2v) is 7.49. The van der Waals surface area contributed by atoms with Crippen LogP contribution in [0, 0.1) is 11.6 Å². The average molecular weight is 434 g/mol. The minimum atomic E-state index is -0.433. The molecule has 4 aromatic rings. The van der Waals surface area contributed by atoms with Gasteiger partial charge in [0.05, 0.1) is 0 Å². The molecule has 0 aliphatic carbocycles. The molecule has 0 saturated carbocycles. The van der Waals surface area contributed by atoms with Crippen molar-refractivity contribution in [2.75, 3.05) is 13.1 Å². The number of ether oxygens (including phenoxy) is 1. The van der Waals surface area contributed by atoms with Crippen molar-refractivity contribution in [3.63, 3.8) is 0 Å². The SMILES string of the molecule is CCN(CC)C(=O)Oc1ccc2c(ccn2Cc2cccc(F)c2)c1-c1ccc(F)cc1. The van der Waals surface area contributed by atoms with Crippen LogP contribution in [0.3, 0.4) is 0 Å². The van der Waals surface area contributed by atoms with E-state index in [4.69, 9.17) is 4.74 Å². The molecule has 0 bridgehead atoms. The Morgan fingerprint density at radius 2 is 1.69 bits per heavy atom. The summed E-state index contributed by atoms with van der Waals surface area (Å²) in [5.41, 5.74) is 3.18. The van der Waals surface area contributed by atoms with Crippen molar-refractivity contribution < 1.29 is 18.3 Å². The number of rotatable bonds is 6. The standard InChI is InChI=1S/C26H24F2N2O2/c1-3-29(4-2)26(31)32-24-13-12-23-22(25(24)19-8-10-20(27)11-9-19)14-15-30(23)17-18-6-5-7-21(28)16-18/h5-16H,3-4,17H2,1-2H3. The first-order chi connectivity index (χ1) is 15.5. The maximum Gasteiger partial charge on any atom is 0.415 e. The summed E-state index contributed by atoms with van der Waals surface area (Å²) < 4.78 is 35.0. The molecule has 1 amide bonds. The highest BCUT2D eigenvalue weighted by Gasteiger charge is 2.19. The number of amides is 1. The highest BCUT2D eigenvalue weighted by atomic mass is 19.1. The molecule has 0 fully saturated rings. The van der Waals surface area contributed by atoms with Gasteiger partial charge in [-0.15, -0.1) is 0 Å². The van der Waals surface area contributed by atoms with E-state index in [1.54, 1.807) is 29.2 Å². The first-order valence-electron chi connectivity index (χ1n) is 10.6. The van der Waals surface area contributed by atoms with Crippen molar-refractivity contribution >= 4 is 17.0 Å². The van der Waals surface area contributed by atoms with Gasteiger partial charge in [-0.05, 0) is 67.4 Å². The van der Waals surface area contributed by atoms with Gasteiger partial charge in [0.2, 0.25) is 0 Å². The van der Waals surface area contributed by atoms with E-state index in [9.17, 15) is 13.6 Å². The summed E-state index contributed by atoms with van der Waals surface area (Å²) in [6, 6.07) is 18.2. The van der Waals surface area contributed by atoms with Crippen LogP contribution in [-0.4, -0.2) is 28.6 Å². The second-order valence-electron chi connectivity index (χ2n) is 7.49. The molecule has 0 atom stereocenters. The van der Waals surface area contributed by atoms with Crippen molar-refractivity contribution in [2.45, 2.75) is 20.4 Å². The third-order valence-electron chi connectivity index (χ3n) is 5.51. The van der Waals surface area contributed by atoms with Gasteiger partial charge in [-0.25, -0.2) is 13.6 Å². The zero-order chi connectivity index (χ0) is 22.7. The van der Waals surface area contributed by atoms with E-state index < -0.39 is 6.09 Å². The quantitative estimate of drug-likeness (QED) is 0.348. The summed E-state index contributed by atoms with van der Waals surface area (Å²) in [4.78, 5) is 14.2. The summed E-state index contributed by atoms with van der Waals surface area (Å²) in [5.74, 6) is -0.215. The molecule has 164 valence electrons. The van der Waals surface area contributed by atoms with Crippen molar-refractivity contribution in [1.82, 2.24) is 9.47 Å². The molecule has 1 aromatic heterocycles. The topological polar surface area (TPSA) is 34.5 Å². The van der Waals surface area contributed by atoms with Crippen LogP contribution in [0.4, 0.5) is 13.6 Å². The summed E-state index contributed by atoms with van der Waals surface area (Å²) in [5, 5.41) is 0.859. The average Bonchev–Trinajstić information content (AvgIpc) is 3.18. The van der Waals surface area contributed by atoms with Gasteiger partial charge in [0.25, 0.3) is 0 Å². The van der Waals surface area contributed by atoms with Crippen molar-refractivity contribution in [3.8, 4) is 16.9 Å². The molecule has 0 aliphatic rings. The minimum Gasteiger partial charge on any atom is -0.410 e. The summed E-state index contributed by atoms with van der Waals surface area (Å²) in [7, 11) is 0. The van der Waals surface area contributed by atoms with Crippen molar-refractivity contribution in [2.24, 2.45) is 0 Å². The second kappa shape index (κ2) is 9.22. The van der Waals surface area contributed by atoms with Gasteiger partial charge in [0, 0.05) is 42.3 Å². The molecule has 32 heavy (non-hydrogen) atoms. The highest BCUT2D eigenvalue weighted by Crippen LogP contribution is 2.38. The van der Waals surface area contributed by atoms with Crippen LogP contribution in [0.1, 0.15) is 19.4 Å². The molecule has 0 N–H and O–H groups in total. The summed E-state index contributed by atoms with van der Waals surface area (Å²) >= 11 is 0. The summed E-state index contributed by atoms with van der Waals surface area (Å²) in [6.07, 6.45) is 1.48. The first-order valence-corrected chi connectivity index (χ1v) is 10.6. The lowest BCUT2D eigenvalue weighted by atomic mass is 10.0. The van der Waals surface area contributed by atoms with Crippen LogP contribution >= 0.6 is 0 Å². The number of benzene rings is 3. The first kappa shape index (κ1) is 21.6. The number of carbonyl (C=O) groups excluding carboxylic acids is 1. The monoisotopic (exact) mass is 434 g/mol. The summed E-state index contributed by atoms with van der Waals surface area (Å²) in [6.45, 7) is 5.34. The maximum atomic E-state index is 13.6. The van der Waals surface area contributed by atoms with E-state index in [0.29, 0.717) is 30.9 Å². The van der Waals surface area contributed by atoms with Crippen molar-refractivity contribution in [3.05, 3.63) is 90.1 Å². The Hall–Kier alpha value is -3.67. The predicted octanol–water partition coefficient (Wildman–Crippen LogP) is 6.48. The Bertz CT molecular complexity index is 1240. The van der Waals surface area contributed by atoms with E-state index in [2.05, 4.69) is 0 Å². The Morgan fingerprint density at radius 3 is 2.38 bits per heavy atom. The molecule has 0 radical (unpaired) electrons. The Balaban J connectivity index is 1.81. The molecule has 0 spiro atoms. The van der Waals surface area contributed by atoms with Gasteiger partial charge < -0.3 is 14.2 Å². The fourth-order valence-electron chi connectivity index (χ4n) is 3.86. The van der Waals surface area contributed by atoms with Gasteiger partial charge in [0.15, 0.2) is 0 Å². The van der Waals surface area contributed by atoms with E-state index in [-0.39, 0.29) is 11.6 Å². The van der Waals surface area contributed by atoms with Crippen LogP contribution in [-0.2, 0) is 6.54 Å². The van der Waals surface area contributed by atoms with Crippen LogP contribution in [0.15, 0.2) is 72.9 Å². The molecule has 0 unspecified atom stereocenters. The van der Waals surface area contributed by atoms with Gasteiger partial charge in [-0.2, -0.15) is 0 Å². The normalized spacial score (nSPS) is 11.0. The molecule has 0 saturated heterocycles. The van der Waals surface area contributed by atoms with Crippen LogP contribution in [0.2, 0.25) is 0 Å². The fourth-order valence-corrected chi connectivity index (χ4v) is 3.86. The largest absolute Gasteiger partial charge is 0.415 e. The predicted molar refractivity (Wildman–Crippen MR) is 122 cm³/mol. The van der Waals surface area contributed by atoms with E-state index >= 15 is 0 Å². The van der Waals surface area contributed by atoms with Crippen molar-refractivity contribution in [1.29, 1.82) is 0 Å². The molecule has 4 nitrogen and oxygen atoms in total. The Morgan fingerprint density at radius 1 is 0.938 bits per heavy atom. The lowest BCUT2D eigenvalue weighted by Gasteiger charge is -2.20. The van der Waals surface area contributed by atoms with Gasteiger partial charge >= 0.3 is 6.09 Å². The number of carbonyl (C=O) groups is 1. The Labute approximate surface area is 185 Å². The lowest BCUT2D eigenvalue weighted by molar-refractivity contribution is 0.157. The highest BCUT2D eigenvalue weighted by molar-refractivity contribution is 5.99. The van der Waals surface area contributed by atoms with Crippen LogP contribution in [0.5, 0.6) is 5.75 Å². The lowest BCUT2D eigenvalue weighted by Crippen LogP contribution is -2.33. The zero-order valence-electron chi connectivity index (χ0n) is 18.0. The molecule has 0 aliphatic heterocycles. The minimum absolute atomic E-state index is 0.281. The van der Waals surface area contributed by atoms with Gasteiger partial charge in [0.1, 0.15) is 17.4 Å². The molecular formula is C26H24F2N2O2. The molecule has 3 aromatic carbocycles. The number of fused-ring (bicyclic) bond motifs is 1. The van der Waals surface area contributed by atoms with E-state index in [1.807, 2.05) is 42.8 Å². The number of hydrogen-bond donors (Lipinski definition) is 0. The van der Waals surface area contributed by atoms with E-state index in [0.717, 1.165) is 22.0 Å². The van der Waals surface area contributed by atoms with E-state index in [1.165, 1.54) is 24.3 Å². The Kier molecular flexibility index (Phi) is 6.21. The number of nitrogens with zero attached hydrogens (tertiary/aromatic N) is 2. The fraction of sp³-hybridized carbons (Fsp3) is 0.192. The molecular weight excluding hydrogens is 410 g/mol. The maximum absolute atomic E-state index is 13.6. The molecule has 6 heteroatoms. The van der Waals surface area contributed by atoms with Gasteiger partial charge in [-0.1, -0.05) is 24.3 Å². The number of halogens is 2. The zero-order valence-corrected chi connectivity index (χ0v) is 18.0. The van der Waals surface area contributed by atoms with Crippen LogP contribution in [0.25, 0.3) is 22.0 Å². The third kappa shape index (κ3) is 4.35. The van der Waals surface area contributed by atoms with Gasteiger partial charge in [-0.3, -0.25) is 0 Å². The third-order valence-corrected chi connectivity index (χ3v) is 5.51. The number of hydrogen-bond acceptors (Lipinski definition) is 2. The number of aromatic nitrogens is 1. The smallest absolute Gasteiger partial charge is 0.410 e. The molecule has 4 rings (SSSR count). The van der Waals surface area contributed by atoms with Crippen LogP contribution < -0.4 is 4.74 Å². The molecule has 1 heterocycles.